The lowest BCUT2D eigenvalue weighted by molar-refractivity contribution is 0.0635. The Morgan fingerprint density at radius 3 is 2.59 bits per heavy atom. The maximum Gasteiger partial charge on any atom is 0.412 e. The van der Waals surface area contributed by atoms with Gasteiger partial charge in [0.05, 0.1) is 6.61 Å². The van der Waals surface area contributed by atoms with Crippen LogP contribution in [-0.2, 0) is 11.3 Å². The Labute approximate surface area is 102 Å². The third-order valence-corrected chi connectivity index (χ3v) is 2.20. The number of carbonyl (C=O) groups is 1. The van der Waals surface area contributed by atoms with E-state index in [-0.39, 0.29) is 6.61 Å². The number of carbonyl (C=O) groups excluding carboxylic acids is 1. The first-order valence-corrected chi connectivity index (χ1v) is 5.53. The maximum absolute atomic E-state index is 11.6. The molecule has 0 unspecified atom stereocenters. The van der Waals surface area contributed by atoms with Crippen LogP contribution in [0.1, 0.15) is 31.9 Å². The Morgan fingerprint density at radius 1 is 1.41 bits per heavy atom. The van der Waals surface area contributed by atoms with Crippen molar-refractivity contribution < 1.29 is 14.6 Å². The lowest BCUT2D eigenvalue weighted by atomic mass is 10.1. The third kappa shape index (κ3) is 4.07. The first-order valence-electron chi connectivity index (χ1n) is 5.53. The lowest BCUT2D eigenvalue weighted by Crippen LogP contribution is -2.27. The standard InChI is InChI=1S/C13H19NO3/c1-9-6-5-7-11(10(9)8-15)14-12(16)17-13(2,3)4/h5-7,15H,8H2,1-4H3,(H,14,16). The van der Waals surface area contributed by atoms with Crippen molar-refractivity contribution in [2.75, 3.05) is 5.32 Å². The SMILES string of the molecule is Cc1cccc(NC(=O)OC(C)(C)C)c1CO. The minimum Gasteiger partial charge on any atom is -0.444 e. The van der Waals surface area contributed by atoms with E-state index < -0.39 is 11.7 Å². The van der Waals surface area contributed by atoms with Crippen LogP contribution in [0.2, 0.25) is 0 Å². The van der Waals surface area contributed by atoms with E-state index in [0.717, 1.165) is 5.56 Å². The molecule has 1 aromatic carbocycles. The molecule has 0 fully saturated rings. The number of benzene rings is 1. The molecule has 0 radical (unpaired) electrons. The highest BCUT2D eigenvalue weighted by Crippen LogP contribution is 2.20. The van der Waals surface area contributed by atoms with Crippen molar-refractivity contribution in [3.05, 3.63) is 29.3 Å². The molecule has 0 bridgehead atoms. The number of aliphatic hydroxyl groups is 1. The number of hydrogen-bond acceptors (Lipinski definition) is 3. The largest absolute Gasteiger partial charge is 0.444 e. The molecule has 0 aliphatic heterocycles. The molecule has 17 heavy (non-hydrogen) atoms. The Morgan fingerprint density at radius 2 is 2.06 bits per heavy atom. The molecule has 0 spiro atoms. The molecule has 4 nitrogen and oxygen atoms in total. The molecule has 0 aliphatic rings. The summed E-state index contributed by atoms with van der Waals surface area (Å²) in [5, 5.41) is 11.9. The van der Waals surface area contributed by atoms with Gasteiger partial charge in [-0.25, -0.2) is 4.79 Å². The number of aryl methyl sites for hydroxylation is 1. The van der Waals surface area contributed by atoms with Crippen LogP contribution in [0, 0.1) is 6.92 Å². The van der Waals surface area contributed by atoms with Gasteiger partial charge in [0.1, 0.15) is 5.60 Å². The van der Waals surface area contributed by atoms with Gasteiger partial charge in [-0.05, 0) is 39.3 Å². The summed E-state index contributed by atoms with van der Waals surface area (Å²) in [4.78, 5) is 11.6. The van der Waals surface area contributed by atoms with Gasteiger partial charge in [-0.15, -0.1) is 0 Å². The smallest absolute Gasteiger partial charge is 0.412 e. The van der Waals surface area contributed by atoms with E-state index in [2.05, 4.69) is 5.32 Å². The van der Waals surface area contributed by atoms with E-state index in [1.54, 1.807) is 26.8 Å². The van der Waals surface area contributed by atoms with Crippen molar-refractivity contribution in [3.63, 3.8) is 0 Å². The summed E-state index contributed by atoms with van der Waals surface area (Å²) in [5.41, 5.74) is 1.69. The zero-order valence-electron chi connectivity index (χ0n) is 10.7. The van der Waals surface area contributed by atoms with Crippen LogP contribution in [0.3, 0.4) is 0 Å². The number of nitrogens with one attached hydrogen (secondary N) is 1. The van der Waals surface area contributed by atoms with E-state index in [9.17, 15) is 9.90 Å². The van der Waals surface area contributed by atoms with Crippen LogP contribution < -0.4 is 5.32 Å². The van der Waals surface area contributed by atoms with E-state index >= 15 is 0 Å². The Bertz CT molecular complexity index is 408. The van der Waals surface area contributed by atoms with Crippen molar-refractivity contribution >= 4 is 11.8 Å². The summed E-state index contributed by atoms with van der Waals surface area (Å²) in [6, 6.07) is 5.44. The van der Waals surface area contributed by atoms with Crippen molar-refractivity contribution in [3.8, 4) is 0 Å². The van der Waals surface area contributed by atoms with Gasteiger partial charge in [0.2, 0.25) is 0 Å². The van der Waals surface area contributed by atoms with Crippen LogP contribution in [0.15, 0.2) is 18.2 Å². The van der Waals surface area contributed by atoms with Gasteiger partial charge in [0, 0.05) is 11.3 Å². The second kappa shape index (κ2) is 5.19. The lowest BCUT2D eigenvalue weighted by Gasteiger charge is -2.20. The van der Waals surface area contributed by atoms with Crippen molar-refractivity contribution in [1.82, 2.24) is 0 Å². The predicted molar refractivity (Wildman–Crippen MR) is 67.0 cm³/mol. The molecule has 0 atom stereocenters. The molecule has 0 saturated carbocycles. The van der Waals surface area contributed by atoms with Gasteiger partial charge in [-0.2, -0.15) is 0 Å². The number of anilines is 1. The number of rotatable bonds is 2. The molecule has 0 aliphatic carbocycles. The van der Waals surface area contributed by atoms with E-state index in [0.29, 0.717) is 11.3 Å². The topological polar surface area (TPSA) is 58.6 Å². The highest BCUT2D eigenvalue weighted by Gasteiger charge is 2.17. The molecule has 0 saturated heterocycles. The molecule has 94 valence electrons. The summed E-state index contributed by atoms with van der Waals surface area (Å²) >= 11 is 0. The molecular weight excluding hydrogens is 218 g/mol. The molecule has 0 aromatic heterocycles. The Balaban J connectivity index is 2.82. The second-order valence-corrected chi connectivity index (χ2v) is 4.89. The zero-order chi connectivity index (χ0) is 13.1. The number of amides is 1. The van der Waals surface area contributed by atoms with Gasteiger partial charge >= 0.3 is 6.09 Å². The van der Waals surface area contributed by atoms with Crippen LogP contribution in [0.25, 0.3) is 0 Å². The summed E-state index contributed by atoms with van der Waals surface area (Å²) < 4.78 is 5.15. The fourth-order valence-electron chi connectivity index (χ4n) is 1.44. The molecular formula is C13H19NO3. The van der Waals surface area contributed by atoms with E-state index in [1.807, 2.05) is 19.1 Å². The van der Waals surface area contributed by atoms with Crippen LogP contribution >= 0.6 is 0 Å². The van der Waals surface area contributed by atoms with Gasteiger partial charge in [-0.3, -0.25) is 5.32 Å². The quantitative estimate of drug-likeness (QED) is 0.831. The minimum atomic E-state index is -0.534. The third-order valence-electron chi connectivity index (χ3n) is 2.20. The maximum atomic E-state index is 11.6. The normalized spacial score (nSPS) is 11.1. The monoisotopic (exact) mass is 237 g/mol. The van der Waals surface area contributed by atoms with Crippen molar-refractivity contribution in [2.45, 2.75) is 39.9 Å². The average Bonchev–Trinajstić information content (AvgIpc) is 2.14. The van der Waals surface area contributed by atoms with Gasteiger partial charge < -0.3 is 9.84 Å². The highest BCUT2D eigenvalue weighted by atomic mass is 16.6. The first kappa shape index (κ1) is 13.5. The van der Waals surface area contributed by atoms with Crippen molar-refractivity contribution in [1.29, 1.82) is 0 Å². The van der Waals surface area contributed by atoms with E-state index in [1.165, 1.54) is 0 Å². The molecule has 4 heteroatoms. The second-order valence-electron chi connectivity index (χ2n) is 4.89. The molecule has 0 heterocycles. The average molecular weight is 237 g/mol. The zero-order valence-corrected chi connectivity index (χ0v) is 10.7. The fourth-order valence-corrected chi connectivity index (χ4v) is 1.44. The highest BCUT2D eigenvalue weighted by molar-refractivity contribution is 5.86. The van der Waals surface area contributed by atoms with Crippen LogP contribution in [0.5, 0.6) is 0 Å². The Kier molecular flexibility index (Phi) is 4.12. The summed E-state index contributed by atoms with van der Waals surface area (Å²) in [6.45, 7) is 7.17. The predicted octanol–water partition coefficient (Wildman–Crippen LogP) is 2.83. The molecule has 2 N–H and O–H groups in total. The summed E-state index contributed by atoms with van der Waals surface area (Å²) in [7, 11) is 0. The Hall–Kier alpha value is -1.55. The summed E-state index contributed by atoms with van der Waals surface area (Å²) in [5.74, 6) is 0. The van der Waals surface area contributed by atoms with Gasteiger partial charge in [0.15, 0.2) is 0 Å². The molecule has 1 amide bonds. The molecule has 1 rings (SSSR count). The molecule has 1 aromatic rings. The van der Waals surface area contributed by atoms with Crippen LogP contribution in [-0.4, -0.2) is 16.8 Å². The summed E-state index contributed by atoms with van der Waals surface area (Å²) in [6.07, 6.45) is -0.516. The van der Waals surface area contributed by atoms with Crippen molar-refractivity contribution in [2.24, 2.45) is 0 Å². The van der Waals surface area contributed by atoms with E-state index in [4.69, 9.17) is 4.74 Å². The van der Waals surface area contributed by atoms with Gasteiger partial charge in [0.25, 0.3) is 0 Å². The van der Waals surface area contributed by atoms with Gasteiger partial charge in [-0.1, -0.05) is 12.1 Å². The number of ether oxygens (including phenoxy) is 1. The fraction of sp³-hybridized carbons (Fsp3) is 0.462. The minimum absolute atomic E-state index is 0.113. The van der Waals surface area contributed by atoms with Crippen LogP contribution in [0.4, 0.5) is 10.5 Å². The number of hydrogen-bond donors (Lipinski definition) is 2. The first-order chi connectivity index (χ1) is 7.83. The number of aliphatic hydroxyl groups excluding tert-OH is 1.